The maximum atomic E-state index is 12.1. The highest BCUT2D eigenvalue weighted by Crippen LogP contribution is 2.18. The van der Waals surface area contributed by atoms with Crippen LogP contribution in [0.25, 0.3) is 0 Å². The van der Waals surface area contributed by atoms with Gasteiger partial charge in [-0.3, -0.25) is 4.79 Å². The van der Waals surface area contributed by atoms with Crippen molar-refractivity contribution >= 4 is 17.8 Å². The molecule has 0 unspecified atom stereocenters. The van der Waals surface area contributed by atoms with E-state index in [2.05, 4.69) is 15.2 Å². The Hall–Kier alpha value is -2.31. The number of carbonyl (C=O) groups is 2. The lowest BCUT2D eigenvalue weighted by molar-refractivity contribution is -0.121. The molecule has 0 saturated carbocycles. The highest BCUT2D eigenvalue weighted by molar-refractivity contribution is 5.80. The zero-order valence-corrected chi connectivity index (χ0v) is 13.9. The van der Waals surface area contributed by atoms with Gasteiger partial charge in [-0.25, -0.2) is 9.78 Å². The molecule has 3 N–H and O–H groups in total. The second kappa shape index (κ2) is 7.51. The first kappa shape index (κ1) is 16.5. The molecule has 7 nitrogen and oxygen atoms in total. The number of likely N-dealkylation sites (tertiary alicyclic amines) is 1. The Morgan fingerprint density at radius 3 is 2.62 bits per heavy atom. The third-order valence-corrected chi connectivity index (χ3v) is 4.81. The molecule has 2 saturated heterocycles. The number of nitrogens with two attached hydrogens (primary N) is 1. The van der Waals surface area contributed by atoms with Crippen LogP contribution in [0.3, 0.4) is 0 Å². The van der Waals surface area contributed by atoms with Crippen LogP contribution in [0.1, 0.15) is 31.2 Å². The smallest absolute Gasteiger partial charge is 0.317 e. The topological polar surface area (TPSA) is 91.6 Å². The molecular formula is C17H25N5O2. The molecule has 3 rings (SSSR count). The highest BCUT2D eigenvalue weighted by Gasteiger charge is 2.29. The second-order valence-electron chi connectivity index (χ2n) is 6.57. The van der Waals surface area contributed by atoms with Crippen LogP contribution in [0.15, 0.2) is 18.3 Å². The number of pyridine rings is 1. The summed E-state index contributed by atoms with van der Waals surface area (Å²) in [6, 6.07) is 3.87. The summed E-state index contributed by atoms with van der Waals surface area (Å²) >= 11 is 0. The van der Waals surface area contributed by atoms with E-state index in [1.165, 1.54) is 19.3 Å². The van der Waals surface area contributed by atoms with Crippen molar-refractivity contribution in [1.29, 1.82) is 0 Å². The predicted octanol–water partition coefficient (Wildman–Crippen LogP) is 1.09. The fraction of sp³-hybridized carbons (Fsp3) is 0.588. The third kappa shape index (κ3) is 3.96. The zero-order valence-electron chi connectivity index (χ0n) is 13.9. The van der Waals surface area contributed by atoms with Gasteiger partial charge in [-0.05, 0) is 37.3 Å². The quantitative estimate of drug-likeness (QED) is 0.864. The molecular weight excluding hydrogens is 306 g/mol. The molecule has 2 fully saturated rings. The third-order valence-electron chi connectivity index (χ3n) is 4.81. The van der Waals surface area contributed by atoms with Crippen molar-refractivity contribution < 1.29 is 9.59 Å². The molecule has 2 aliphatic heterocycles. The molecule has 0 aromatic carbocycles. The predicted molar refractivity (Wildman–Crippen MR) is 91.4 cm³/mol. The fourth-order valence-corrected chi connectivity index (χ4v) is 3.30. The number of carbonyl (C=O) groups excluding carboxylic acids is 2. The molecule has 24 heavy (non-hydrogen) atoms. The van der Waals surface area contributed by atoms with Gasteiger partial charge in [0.25, 0.3) is 0 Å². The molecule has 1 aromatic rings. The first-order chi connectivity index (χ1) is 11.6. The summed E-state index contributed by atoms with van der Waals surface area (Å²) in [5, 5.41) is 2.88. The van der Waals surface area contributed by atoms with E-state index >= 15 is 0 Å². The number of hydrogen-bond acceptors (Lipinski definition) is 4. The van der Waals surface area contributed by atoms with E-state index in [0.717, 1.165) is 24.5 Å². The molecule has 130 valence electrons. The average Bonchev–Trinajstić information content (AvgIpc) is 3.11. The van der Waals surface area contributed by atoms with Gasteiger partial charge in [0.15, 0.2) is 0 Å². The van der Waals surface area contributed by atoms with Gasteiger partial charge in [0.2, 0.25) is 5.91 Å². The van der Waals surface area contributed by atoms with Crippen molar-refractivity contribution in [2.45, 2.75) is 32.2 Å². The number of piperidine rings is 1. The molecule has 0 aliphatic carbocycles. The Bertz CT molecular complexity index is 583. The standard InChI is InChI=1S/C17H25N5O2/c18-16(23)14-6-9-22(12-14)17(24)20-11-13-4-5-15(19-10-13)21-7-2-1-3-8-21/h4-5,10,14H,1-3,6-9,11-12H2,(H2,18,23)(H,20,24)/t14-/m0/s1. The largest absolute Gasteiger partial charge is 0.369 e. The van der Waals surface area contributed by atoms with Gasteiger partial charge in [-0.2, -0.15) is 0 Å². The monoisotopic (exact) mass is 331 g/mol. The molecule has 0 spiro atoms. The fourth-order valence-electron chi connectivity index (χ4n) is 3.30. The summed E-state index contributed by atoms with van der Waals surface area (Å²) in [5.41, 5.74) is 6.26. The number of primary amides is 1. The van der Waals surface area contributed by atoms with Gasteiger partial charge in [0, 0.05) is 38.9 Å². The first-order valence-corrected chi connectivity index (χ1v) is 8.65. The highest BCUT2D eigenvalue weighted by atomic mass is 16.2. The molecule has 2 aliphatic rings. The molecule has 7 heteroatoms. The van der Waals surface area contributed by atoms with E-state index in [4.69, 9.17) is 5.73 Å². The van der Waals surface area contributed by atoms with Crippen molar-refractivity contribution in [1.82, 2.24) is 15.2 Å². The number of anilines is 1. The van der Waals surface area contributed by atoms with Gasteiger partial charge < -0.3 is 20.9 Å². The number of nitrogens with one attached hydrogen (secondary N) is 1. The minimum absolute atomic E-state index is 0.154. The van der Waals surface area contributed by atoms with Crippen LogP contribution in [-0.4, -0.2) is 48.0 Å². The van der Waals surface area contributed by atoms with Gasteiger partial charge >= 0.3 is 6.03 Å². The van der Waals surface area contributed by atoms with E-state index < -0.39 is 0 Å². The van der Waals surface area contributed by atoms with Crippen LogP contribution in [0.5, 0.6) is 0 Å². The SMILES string of the molecule is NC(=O)[C@H]1CCN(C(=O)NCc2ccc(N3CCCCC3)nc2)C1. The van der Waals surface area contributed by atoms with Crippen LogP contribution >= 0.6 is 0 Å². The van der Waals surface area contributed by atoms with Crippen molar-refractivity contribution in [3.8, 4) is 0 Å². The van der Waals surface area contributed by atoms with Crippen LogP contribution in [0.4, 0.5) is 10.6 Å². The maximum Gasteiger partial charge on any atom is 0.317 e. The molecule has 1 atom stereocenters. The molecule has 1 aromatic heterocycles. The van der Waals surface area contributed by atoms with Crippen molar-refractivity contribution in [2.75, 3.05) is 31.1 Å². The molecule has 3 heterocycles. The number of amides is 3. The summed E-state index contributed by atoms with van der Waals surface area (Å²) in [6.07, 6.45) is 6.21. The van der Waals surface area contributed by atoms with E-state index in [0.29, 0.717) is 26.1 Å². The average molecular weight is 331 g/mol. The molecule has 0 radical (unpaired) electrons. The Labute approximate surface area is 142 Å². The van der Waals surface area contributed by atoms with Crippen LogP contribution < -0.4 is 16.0 Å². The second-order valence-corrected chi connectivity index (χ2v) is 6.57. The van der Waals surface area contributed by atoms with Crippen LogP contribution in [0, 0.1) is 5.92 Å². The van der Waals surface area contributed by atoms with Crippen molar-refractivity contribution in [3.05, 3.63) is 23.9 Å². The minimum Gasteiger partial charge on any atom is -0.369 e. The van der Waals surface area contributed by atoms with E-state index in [1.807, 2.05) is 18.3 Å². The van der Waals surface area contributed by atoms with Crippen LogP contribution in [-0.2, 0) is 11.3 Å². The van der Waals surface area contributed by atoms with Gasteiger partial charge in [0.1, 0.15) is 5.82 Å². The molecule has 3 amide bonds. The zero-order chi connectivity index (χ0) is 16.9. The lowest BCUT2D eigenvalue weighted by Crippen LogP contribution is -2.39. The van der Waals surface area contributed by atoms with Crippen molar-refractivity contribution in [2.24, 2.45) is 11.7 Å². The van der Waals surface area contributed by atoms with Gasteiger partial charge in [0.05, 0.1) is 5.92 Å². The Balaban J connectivity index is 1.48. The van der Waals surface area contributed by atoms with Gasteiger partial charge in [-0.15, -0.1) is 0 Å². The van der Waals surface area contributed by atoms with Crippen molar-refractivity contribution in [3.63, 3.8) is 0 Å². The lowest BCUT2D eigenvalue weighted by Gasteiger charge is -2.27. The van der Waals surface area contributed by atoms with Gasteiger partial charge in [-0.1, -0.05) is 6.07 Å². The summed E-state index contributed by atoms with van der Waals surface area (Å²) < 4.78 is 0. The summed E-state index contributed by atoms with van der Waals surface area (Å²) in [6.45, 7) is 3.56. The van der Waals surface area contributed by atoms with E-state index in [-0.39, 0.29) is 17.9 Å². The lowest BCUT2D eigenvalue weighted by atomic mass is 10.1. The number of nitrogens with zero attached hydrogens (tertiary/aromatic N) is 3. The Kier molecular flexibility index (Phi) is 5.17. The molecule has 0 bridgehead atoms. The number of aromatic nitrogens is 1. The summed E-state index contributed by atoms with van der Waals surface area (Å²) in [4.78, 5) is 31.8. The summed E-state index contributed by atoms with van der Waals surface area (Å²) in [5.74, 6) is 0.456. The van der Waals surface area contributed by atoms with E-state index in [1.54, 1.807) is 4.90 Å². The Morgan fingerprint density at radius 2 is 2.00 bits per heavy atom. The van der Waals surface area contributed by atoms with Crippen LogP contribution in [0.2, 0.25) is 0 Å². The normalized spacial score (nSPS) is 20.9. The number of rotatable bonds is 4. The van der Waals surface area contributed by atoms with E-state index in [9.17, 15) is 9.59 Å². The minimum atomic E-state index is -0.331. The first-order valence-electron chi connectivity index (χ1n) is 8.65. The maximum absolute atomic E-state index is 12.1. The summed E-state index contributed by atoms with van der Waals surface area (Å²) in [7, 11) is 0. The number of urea groups is 1. The Morgan fingerprint density at radius 1 is 1.21 bits per heavy atom. The number of hydrogen-bond donors (Lipinski definition) is 2.